The minimum atomic E-state index is -3.44. The summed E-state index contributed by atoms with van der Waals surface area (Å²) in [7, 11) is -3.44. The number of rotatable bonds is 4. The van der Waals surface area contributed by atoms with Gasteiger partial charge in [-0.15, -0.1) is 0 Å². The van der Waals surface area contributed by atoms with Crippen LogP contribution in [0.5, 0.6) is 0 Å². The molecule has 4 nitrogen and oxygen atoms in total. The molecule has 0 saturated heterocycles. The Hall–Kier alpha value is -1.14. The second-order valence-electron chi connectivity index (χ2n) is 5.07. The van der Waals surface area contributed by atoms with Gasteiger partial charge in [0, 0.05) is 13.1 Å². The summed E-state index contributed by atoms with van der Waals surface area (Å²) in [5, 5.41) is 4.98. The van der Waals surface area contributed by atoms with Crippen LogP contribution in [0.15, 0.2) is 12.1 Å². The quantitative estimate of drug-likeness (QED) is 0.913. The normalized spacial score (nSPS) is 15.4. The monoisotopic (exact) mass is 286 g/mol. The van der Waals surface area contributed by atoms with Crippen LogP contribution in [0.1, 0.15) is 24.0 Å². The summed E-state index contributed by atoms with van der Waals surface area (Å²) in [6.07, 6.45) is 2.26. The number of nitrogens with two attached hydrogens (primary N) is 1. The maximum absolute atomic E-state index is 14.1. The van der Waals surface area contributed by atoms with Crippen LogP contribution in [0.2, 0.25) is 0 Å². The summed E-state index contributed by atoms with van der Waals surface area (Å²) in [4.78, 5) is 1.93. The number of hydrogen-bond donors (Lipinski definition) is 1. The zero-order chi connectivity index (χ0) is 14.0. The number of hydrogen-bond acceptors (Lipinski definition) is 3. The predicted molar refractivity (Wildman–Crippen MR) is 74.3 cm³/mol. The van der Waals surface area contributed by atoms with Crippen molar-refractivity contribution < 1.29 is 12.8 Å². The molecule has 0 atom stereocenters. The first-order chi connectivity index (χ1) is 8.87. The minimum Gasteiger partial charge on any atom is -0.369 e. The summed E-state index contributed by atoms with van der Waals surface area (Å²) in [6, 6.07) is 3.53. The second-order valence-corrected chi connectivity index (χ2v) is 6.80. The van der Waals surface area contributed by atoms with Gasteiger partial charge in [-0.1, -0.05) is 6.07 Å². The van der Waals surface area contributed by atoms with Crippen LogP contribution in [0.4, 0.5) is 10.1 Å². The third-order valence-electron chi connectivity index (χ3n) is 3.33. The number of benzene rings is 1. The van der Waals surface area contributed by atoms with Gasteiger partial charge >= 0.3 is 0 Å². The lowest BCUT2D eigenvalue weighted by Crippen LogP contribution is -2.32. The Kier molecular flexibility index (Phi) is 4.10. The molecule has 0 amide bonds. The van der Waals surface area contributed by atoms with Gasteiger partial charge in [0.25, 0.3) is 0 Å². The van der Waals surface area contributed by atoms with E-state index in [9.17, 15) is 12.8 Å². The molecule has 0 fully saturated rings. The van der Waals surface area contributed by atoms with Gasteiger partial charge in [-0.3, -0.25) is 0 Å². The number of nitrogens with zero attached hydrogens (tertiary/aromatic N) is 1. The fourth-order valence-corrected chi connectivity index (χ4v) is 3.14. The highest BCUT2D eigenvalue weighted by atomic mass is 32.2. The largest absolute Gasteiger partial charge is 0.369 e. The highest BCUT2D eigenvalue weighted by molar-refractivity contribution is 7.89. The molecule has 1 aliphatic heterocycles. The lowest BCUT2D eigenvalue weighted by Gasteiger charge is -2.32. The van der Waals surface area contributed by atoms with Crippen molar-refractivity contribution in [1.82, 2.24) is 0 Å². The average molecular weight is 286 g/mol. The number of sulfonamides is 1. The maximum Gasteiger partial charge on any atom is 0.209 e. The van der Waals surface area contributed by atoms with Gasteiger partial charge in [0.05, 0.1) is 11.4 Å². The molecule has 106 valence electrons. The Balaban J connectivity index is 2.14. The number of fused-ring (bicyclic) bond motifs is 1. The first-order valence-electron chi connectivity index (χ1n) is 6.41. The lowest BCUT2D eigenvalue weighted by molar-refractivity contribution is 0.584. The van der Waals surface area contributed by atoms with E-state index in [0.717, 1.165) is 30.5 Å². The lowest BCUT2D eigenvalue weighted by atomic mass is 9.99. The number of aryl methyl sites for hydroxylation is 2. The molecule has 0 unspecified atom stereocenters. The smallest absolute Gasteiger partial charge is 0.209 e. The molecule has 1 aliphatic rings. The first-order valence-corrected chi connectivity index (χ1v) is 8.13. The van der Waals surface area contributed by atoms with E-state index < -0.39 is 10.0 Å². The summed E-state index contributed by atoms with van der Waals surface area (Å²) >= 11 is 0. The molecular formula is C13H19FN2O2S. The average Bonchev–Trinajstić information content (AvgIpc) is 2.26. The van der Waals surface area contributed by atoms with Crippen molar-refractivity contribution in [3.8, 4) is 0 Å². The zero-order valence-corrected chi connectivity index (χ0v) is 11.8. The molecule has 19 heavy (non-hydrogen) atoms. The van der Waals surface area contributed by atoms with Gasteiger partial charge in [0.1, 0.15) is 5.82 Å². The third kappa shape index (κ3) is 3.67. The molecule has 1 heterocycles. The van der Waals surface area contributed by atoms with Crippen molar-refractivity contribution in [2.24, 2.45) is 5.14 Å². The van der Waals surface area contributed by atoms with Crippen molar-refractivity contribution in [2.75, 3.05) is 23.7 Å². The van der Waals surface area contributed by atoms with E-state index in [-0.39, 0.29) is 11.6 Å². The van der Waals surface area contributed by atoms with Crippen molar-refractivity contribution in [3.63, 3.8) is 0 Å². The summed E-state index contributed by atoms with van der Waals surface area (Å²) < 4.78 is 35.9. The first kappa shape index (κ1) is 14.3. The van der Waals surface area contributed by atoms with Gasteiger partial charge in [0.2, 0.25) is 10.0 Å². The number of halogens is 1. The van der Waals surface area contributed by atoms with Crippen molar-refractivity contribution >= 4 is 15.7 Å². The summed E-state index contributed by atoms with van der Waals surface area (Å²) in [6.45, 7) is 3.16. The van der Waals surface area contributed by atoms with Crippen molar-refractivity contribution in [2.45, 2.75) is 26.2 Å². The molecule has 1 aromatic rings. The van der Waals surface area contributed by atoms with Gasteiger partial charge in [-0.05, 0) is 43.4 Å². The Labute approximate surface area is 113 Å². The summed E-state index contributed by atoms with van der Waals surface area (Å²) in [5.41, 5.74) is 2.56. The Bertz CT molecular complexity index is 572. The molecule has 2 N–H and O–H groups in total. The molecule has 0 spiro atoms. The van der Waals surface area contributed by atoms with E-state index in [4.69, 9.17) is 5.14 Å². The minimum absolute atomic E-state index is 0.0632. The fourth-order valence-electron chi connectivity index (χ4n) is 2.60. The molecule has 0 saturated carbocycles. The molecule has 0 radical (unpaired) electrons. The third-order valence-corrected chi connectivity index (χ3v) is 4.19. The SMILES string of the molecule is Cc1cc(F)c2c(c1)CCCN2CCCS(N)(=O)=O. The highest BCUT2D eigenvalue weighted by Gasteiger charge is 2.21. The van der Waals surface area contributed by atoms with Crippen molar-refractivity contribution in [1.29, 1.82) is 0 Å². The van der Waals surface area contributed by atoms with Crippen LogP contribution in [0.3, 0.4) is 0 Å². The van der Waals surface area contributed by atoms with Gasteiger partial charge in [-0.2, -0.15) is 0 Å². The van der Waals surface area contributed by atoms with E-state index >= 15 is 0 Å². The second kappa shape index (κ2) is 5.46. The zero-order valence-electron chi connectivity index (χ0n) is 11.0. The molecule has 6 heteroatoms. The van der Waals surface area contributed by atoms with E-state index in [1.165, 1.54) is 6.07 Å². The Morgan fingerprint density at radius 2 is 2.16 bits per heavy atom. The van der Waals surface area contributed by atoms with Gasteiger partial charge < -0.3 is 4.90 Å². The summed E-state index contributed by atoms with van der Waals surface area (Å²) in [5.74, 6) is -0.280. The molecule has 1 aromatic carbocycles. The van der Waals surface area contributed by atoms with Crippen LogP contribution >= 0.6 is 0 Å². The molecule has 0 aliphatic carbocycles. The standard InChI is InChI=1S/C13H19FN2O2S/c1-10-8-11-4-2-5-16(13(11)12(14)9-10)6-3-7-19(15,17)18/h8-9H,2-7H2,1H3,(H2,15,17,18). The van der Waals surface area contributed by atoms with E-state index in [2.05, 4.69) is 0 Å². The highest BCUT2D eigenvalue weighted by Crippen LogP contribution is 2.31. The molecule has 0 aromatic heterocycles. The van der Waals surface area contributed by atoms with Gasteiger partial charge in [0.15, 0.2) is 0 Å². The van der Waals surface area contributed by atoms with Crippen LogP contribution in [0.25, 0.3) is 0 Å². The molecule has 0 bridgehead atoms. The topological polar surface area (TPSA) is 63.4 Å². The number of primary sulfonamides is 1. The van der Waals surface area contributed by atoms with E-state index in [1.807, 2.05) is 17.9 Å². The van der Waals surface area contributed by atoms with Crippen LogP contribution in [-0.4, -0.2) is 27.3 Å². The fraction of sp³-hybridized carbons (Fsp3) is 0.538. The predicted octanol–water partition coefficient (Wildman–Crippen LogP) is 1.57. The van der Waals surface area contributed by atoms with Crippen LogP contribution in [0, 0.1) is 12.7 Å². The Morgan fingerprint density at radius 3 is 2.84 bits per heavy atom. The van der Waals surface area contributed by atoms with E-state index in [1.54, 1.807) is 0 Å². The molecule has 2 rings (SSSR count). The Morgan fingerprint density at radius 1 is 1.42 bits per heavy atom. The van der Waals surface area contributed by atoms with Crippen molar-refractivity contribution in [3.05, 3.63) is 29.1 Å². The maximum atomic E-state index is 14.1. The van der Waals surface area contributed by atoms with Crippen LogP contribution < -0.4 is 10.0 Å². The molecular weight excluding hydrogens is 267 g/mol. The van der Waals surface area contributed by atoms with Crippen LogP contribution in [-0.2, 0) is 16.4 Å². The van der Waals surface area contributed by atoms with Gasteiger partial charge in [-0.25, -0.2) is 17.9 Å². The number of anilines is 1. The van der Waals surface area contributed by atoms with E-state index in [0.29, 0.717) is 18.7 Å².